The van der Waals surface area contributed by atoms with Gasteiger partial charge in [0.05, 0.1) is 30.0 Å². The van der Waals surface area contributed by atoms with Crippen LogP contribution in [0.25, 0.3) is 0 Å². The number of rotatable bonds is 3. The molecule has 0 N–H and O–H groups in total. The van der Waals surface area contributed by atoms with Crippen molar-refractivity contribution in [2.75, 3.05) is 19.8 Å². The molecule has 21 heavy (non-hydrogen) atoms. The second-order valence-corrected chi connectivity index (χ2v) is 6.08. The van der Waals surface area contributed by atoms with E-state index in [1.165, 1.54) is 6.07 Å². The fourth-order valence-corrected chi connectivity index (χ4v) is 3.01. The van der Waals surface area contributed by atoms with Crippen LogP contribution in [-0.2, 0) is 20.3 Å². The highest BCUT2D eigenvalue weighted by Crippen LogP contribution is 2.53. The minimum absolute atomic E-state index is 0.105. The van der Waals surface area contributed by atoms with Gasteiger partial charge in [-0.15, -0.1) is 0 Å². The van der Waals surface area contributed by atoms with E-state index in [9.17, 15) is 13.2 Å². The number of hydrogen-bond donors (Lipinski definition) is 0. The first-order chi connectivity index (χ1) is 9.73. The summed E-state index contributed by atoms with van der Waals surface area (Å²) in [6.45, 7) is 3.82. The fourth-order valence-electron chi connectivity index (χ4n) is 2.64. The molecular formula is C13H15F3NO3P. The van der Waals surface area contributed by atoms with E-state index in [0.717, 1.165) is 0 Å². The van der Waals surface area contributed by atoms with Gasteiger partial charge in [-0.2, -0.15) is 13.2 Å². The Morgan fingerprint density at radius 1 is 1.43 bits per heavy atom. The first kappa shape index (κ1) is 15.0. The topological polar surface area (TPSA) is 43.9 Å². The highest BCUT2D eigenvalue weighted by molar-refractivity contribution is 7.09. The standard InChI is InChI=1S/C13H15F3NO3P/c1-7-10-8(11(2,4-18-10)5-20-21)3-9(17-7)12(6-19-12)13(14,15)16/h3H,4-6,21H2,1-2H3/t11-,12?/m1/s1. The Hall–Kier alpha value is -0.910. The number of ether oxygens (including phenoxy) is 2. The van der Waals surface area contributed by atoms with E-state index in [0.29, 0.717) is 30.2 Å². The summed E-state index contributed by atoms with van der Waals surface area (Å²) in [6, 6.07) is 1.44. The molecule has 0 bridgehead atoms. The molecule has 2 unspecified atom stereocenters. The minimum Gasteiger partial charge on any atom is -0.490 e. The lowest BCUT2D eigenvalue weighted by Gasteiger charge is -2.23. The van der Waals surface area contributed by atoms with Gasteiger partial charge in [0.1, 0.15) is 12.4 Å². The molecule has 0 aliphatic carbocycles. The molecule has 0 aromatic carbocycles. The van der Waals surface area contributed by atoms with Crippen LogP contribution in [-0.4, -0.2) is 31.0 Å². The van der Waals surface area contributed by atoms with E-state index in [1.54, 1.807) is 6.92 Å². The summed E-state index contributed by atoms with van der Waals surface area (Å²) in [4.78, 5) is 4.06. The number of halogens is 3. The molecule has 0 spiro atoms. The van der Waals surface area contributed by atoms with Crippen molar-refractivity contribution >= 4 is 9.47 Å². The molecule has 2 aliphatic rings. The van der Waals surface area contributed by atoms with Crippen molar-refractivity contribution < 1.29 is 27.2 Å². The lowest BCUT2D eigenvalue weighted by Crippen LogP contribution is -2.33. The molecule has 0 amide bonds. The summed E-state index contributed by atoms with van der Waals surface area (Å²) in [6.07, 6.45) is -4.48. The molecule has 116 valence electrons. The first-order valence-corrected chi connectivity index (χ1v) is 6.88. The molecule has 3 rings (SSSR count). The van der Waals surface area contributed by atoms with E-state index < -0.39 is 17.2 Å². The third-order valence-electron chi connectivity index (χ3n) is 4.03. The number of aromatic nitrogens is 1. The molecular weight excluding hydrogens is 306 g/mol. The van der Waals surface area contributed by atoms with Crippen LogP contribution < -0.4 is 4.74 Å². The molecule has 2 aliphatic heterocycles. The number of fused-ring (bicyclic) bond motifs is 1. The highest BCUT2D eigenvalue weighted by atomic mass is 31.0. The van der Waals surface area contributed by atoms with E-state index in [4.69, 9.17) is 14.0 Å². The zero-order valence-corrected chi connectivity index (χ0v) is 12.7. The third kappa shape index (κ3) is 2.14. The van der Waals surface area contributed by atoms with Gasteiger partial charge in [0.2, 0.25) is 5.60 Å². The Kier molecular flexibility index (Phi) is 3.24. The zero-order valence-electron chi connectivity index (χ0n) is 11.6. The summed E-state index contributed by atoms with van der Waals surface area (Å²) in [7, 11) is 2.15. The summed E-state index contributed by atoms with van der Waals surface area (Å²) in [5.41, 5.74) is -1.74. The van der Waals surface area contributed by atoms with Crippen molar-refractivity contribution in [3.63, 3.8) is 0 Å². The van der Waals surface area contributed by atoms with Gasteiger partial charge in [0.15, 0.2) is 0 Å². The van der Waals surface area contributed by atoms with Crippen LogP contribution in [0, 0.1) is 6.92 Å². The number of aryl methyl sites for hydroxylation is 1. The monoisotopic (exact) mass is 321 g/mol. The van der Waals surface area contributed by atoms with Crippen LogP contribution in [0.3, 0.4) is 0 Å². The Morgan fingerprint density at radius 2 is 2.10 bits per heavy atom. The normalized spacial score (nSPS) is 31.0. The number of alkyl halides is 3. The molecule has 3 atom stereocenters. The van der Waals surface area contributed by atoms with Gasteiger partial charge in [0.25, 0.3) is 0 Å². The van der Waals surface area contributed by atoms with Crippen molar-refractivity contribution in [3.05, 3.63) is 23.0 Å². The predicted octanol–water partition coefficient (Wildman–Crippen LogP) is 2.63. The van der Waals surface area contributed by atoms with Crippen LogP contribution in [0.15, 0.2) is 6.07 Å². The summed E-state index contributed by atoms with van der Waals surface area (Å²) >= 11 is 0. The van der Waals surface area contributed by atoms with Crippen LogP contribution in [0.2, 0.25) is 0 Å². The van der Waals surface area contributed by atoms with E-state index in [2.05, 4.69) is 14.5 Å². The number of nitrogens with zero attached hydrogens (tertiary/aromatic N) is 1. The fraction of sp³-hybridized carbons (Fsp3) is 0.615. The van der Waals surface area contributed by atoms with Gasteiger partial charge < -0.3 is 14.0 Å². The molecule has 0 radical (unpaired) electrons. The lowest BCUT2D eigenvalue weighted by atomic mass is 9.84. The number of epoxide rings is 1. The van der Waals surface area contributed by atoms with Crippen molar-refractivity contribution in [1.29, 1.82) is 0 Å². The maximum absolute atomic E-state index is 13.2. The first-order valence-electron chi connectivity index (χ1n) is 6.41. The van der Waals surface area contributed by atoms with Gasteiger partial charge in [-0.3, -0.25) is 4.98 Å². The van der Waals surface area contributed by atoms with Crippen molar-refractivity contribution in [2.45, 2.75) is 31.0 Å². The lowest BCUT2D eigenvalue weighted by molar-refractivity contribution is -0.188. The molecule has 1 aromatic heterocycles. The molecule has 3 heterocycles. The van der Waals surface area contributed by atoms with Gasteiger partial charge in [0, 0.05) is 15.0 Å². The van der Waals surface area contributed by atoms with Crippen molar-refractivity contribution in [2.24, 2.45) is 0 Å². The quantitative estimate of drug-likeness (QED) is 0.634. The van der Waals surface area contributed by atoms with Crippen molar-refractivity contribution in [3.8, 4) is 5.75 Å². The molecule has 8 heteroatoms. The van der Waals surface area contributed by atoms with Crippen LogP contribution in [0.5, 0.6) is 5.75 Å². The maximum Gasteiger partial charge on any atom is 0.425 e. The number of pyridine rings is 1. The van der Waals surface area contributed by atoms with E-state index >= 15 is 0 Å². The van der Waals surface area contributed by atoms with Crippen LogP contribution in [0.4, 0.5) is 13.2 Å². The number of hydrogen-bond acceptors (Lipinski definition) is 4. The van der Waals surface area contributed by atoms with Gasteiger partial charge in [-0.1, -0.05) is 0 Å². The largest absolute Gasteiger partial charge is 0.490 e. The molecule has 1 aromatic rings. The van der Waals surface area contributed by atoms with Crippen molar-refractivity contribution in [1.82, 2.24) is 4.98 Å². The predicted molar refractivity (Wildman–Crippen MR) is 71.2 cm³/mol. The zero-order chi connectivity index (χ0) is 15.5. The molecule has 4 nitrogen and oxygen atoms in total. The molecule has 1 fully saturated rings. The molecule has 0 saturated carbocycles. The van der Waals surface area contributed by atoms with Gasteiger partial charge >= 0.3 is 6.18 Å². The second-order valence-electron chi connectivity index (χ2n) is 5.74. The summed E-state index contributed by atoms with van der Waals surface area (Å²) in [5, 5.41) is 0. The SMILES string of the molecule is Cc1nc(C2(C(F)(F)F)CO2)cc2c1OC[C@]2(C)COP. The average molecular weight is 321 g/mol. The maximum atomic E-state index is 13.2. The summed E-state index contributed by atoms with van der Waals surface area (Å²) < 4.78 is 55.0. The third-order valence-corrected chi connectivity index (χ3v) is 4.20. The Balaban J connectivity index is 2.10. The molecule has 1 saturated heterocycles. The van der Waals surface area contributed by atoms with E-state index in [-0.39, 0.29) is 12.3 Å². The van der Waals surface area contributed by atoms with Gasteiger partial charge in [-0.25, -0.2) is 0 Å². The van der Waals surface area contributed by atoms with Crippen LogP contribution >= 0.6 is 9.47 Å². The minimum atomic E-state index is -4.48. The highest BCUT2D eigenvalue weighted by Gasteiger charge is 2.68. The summed E-state index contributed by atoms with van der Waals surface area (Å²) in [5.74, 6) is 0.543. The Morgan fingerprint density at radius 3 is 2.62 bits per heavy atom. The Bertz CT molecular complexity index is 589. The average Bonchev–Trinajstić information content (AvgIpc) is 3.12. The Labute approximate surface area is 122 Å². The van der Waals surface area contributed by atoms with Crippen LogP contribution in [0.1, 0.15) is 23.9 Å². The second kappa shape index (κ2) is 4.54. The smallest absolute Gasteiger partial charge is 0.425 e. The van der Waals surface area contributed by atoms with Gasteiger partial charge in [-0.05, 0) is 19.9 Å². The van der Waals surface area contributed by atoms with E-state index in [1.807, 2.05) is 6.92 Å².